The van der Waals surface area contributed by atoms with Gasteiger partial charge in [-0.2, -0.15) is 0 Å². The summed E-state index contributed by atoms with van der Waals surface area (Å²) in [5.74, 6) is -1.87. The van der Waals surface area contributed by atoms with Crippen LogP contribution < -0.4 is 20.7 Å². The van der Waals surface area contributed by atoms with E-state index in [4.69, 9.17) is 22.4 Å². The van der Waals surface area contributed by atoms with E-state index in [9.17, 15) is 23.1 Å². The molecule has 3 aromatic carbocycles. The number of nitrogens with zero attached hydrogens (tertiary/aromatic N) is 1. The molecule has 2 amide bonds. The van der Waals surface area contributed by atoms with Crippen LogP contribution in [0.1, 0.15) is 19.3 Å². The molecule has 0 aliphatic carbocycles. The van der Waals surface area contributed by atoms with Crippen LogP contribution in [0, 0.1) is 0 Å². The van der Waals surface area contributed by atoms with Gasteiger partial charge in [0.25, 0.3) is 0 Å². The number of urea groups is 1. The van der Waals surface area contributed by atoms with Gasteiger partial charge < -0.3 is 21.3 Å². The largest absolute Gasteiger partial charge is 0.504 e. The molecule has 10 nitrogen and oxygen atoms in total. The maximum absolute atomic E-state index is 13.6. The van der Waals surface area contributed by atoms with Gasteiger partial charge in [0.2, 0.25) is 10.0 Å². The number of phenolic OH excluding ortho intramolecular Hbond substituents is 1. The molecule has 0 saturated carbocycles. The van der Waals surface area contributed by atoms with E-state index < -0.39 is 38.7 Å². The SMILES string of the molecule is NC(CCCCNS(=O)(=O)c1c(Cl)ccc(N(C(=O)Nc2ccccc2Br)c2ccccc2Br)c1O)C(=O)O. The normalized spacial score (nSPS) is 12.1. The van der Waals surface area contributed by atoms with Gasteiger partial charge in [-0.1, -0.05) is 42.3 Å². The van der Waals surface area contributed by atoms with Crippen LogP contribution in [0.2, 0.25) is 5.02 Å². The van der Waals surface area contributed by atoms with E-state index in [1.54, 1.807) is 48.5 Å². The number of carboxylic acid groups (broad SMARTS) is 1. The third-order valence-corrected chi connectivity index (χ3v) is 8.86. The molecule has 6 N–H and O–H groups in total. The third-order valence-electron chi connectivity index (χ3n) is 5.53. The summed E-state index contributed by atoms with van der Waals surface area (Å²) in [5, 5.41) is 22.6. The lowest BCUT2D eigenvalue weighted by molar-refractivity contribution is -0.138. The maximum atomic E-state index is 13.6. The molecule has 0 aliphatic heterocycles. The molecule has 1 unspecified atom stereocenters. The van der Waals surface area contributed by atoms with Crippen LogP contribution in [-0.2, 0) is 14.8 Å². The quantitative estimate of drug-likeness (QED) is 0.158. The van der Waals surface area contributed by atoms with Gasteiger partial charge in [0.1, 0.15) is 10.9 Å². The molecule has 1 atom stereocenters. The minimum absolute atomic E-state index is 0.0505. The Bertz CT molecular complexity index is 1470. The zero-order chi connectivity index (χ0) is 28.7. The van der Waals surface area contributed by atoms with Crippen molar-refractivity contribution in [2.45, 2.75) is 30.2 Å². The summed E-state index contributed by atoms with van der Waals surface area (Å²) in [6, 6.07) is 14.5. The molecular weight excluding hydrogens is 680 g/mol. The maximum Gasteiger partial charge on any atom is 0.331 e. The van der Waals surface area contributed by atoms with E-state index in [1.807, 2.05) is 0 Å². The topological polar surface area (TPSA) is 162 Å². The van der Waals surface area contributed by atoms with Crippen molar-refractivity contribution in [3.05, 3.63) is 74.6 Å². The first-order valence-corrected chi connectivity index (χ1v) is 15.0. The van der Waals surface area contributed by atoms with E-state index in [1.165, 1.54) is 12.1 Å². The Morgan fingerprint density at radius 1 is 0.974 bits per heavy atom. The number of para-hydroxylation sites is 2. The first-order valence-electron chi connectivity index (χ1n) is 11.5. The van der Waals surface area contributed by atoms with Crippen LogP contribution in [0.5, 0.6) is 5.75 Å². The Balaban J connectivity index is 1.96. The number of hydrogen-bond donors (Lipinski definition) is 5. The number of anilines is 3. The summed E-state index contributed by atoms with van der Waals surface area (Å²) in [7, 11) is -4.34. The molecular formula is C25H25Br2ClN4O6S. The number of phenols is 1. The smallest absolute Gasteiger partial charge is 0.331 e. The summed E-state index contributed by atoms with van der Waals surface area (Å²) in [6.07, 6.45) is 0.836. The highest BCUT2D eigenvalue weighted by molar-refractivity contribution is 9.11. The Hall–Kier alpha value is -2.68. The van der Waals surface area contributed by atoms with Crippen LogP contribution in [0.25, 0.3) is 0 Å². The van der Waals surface area contributed by atoms with Gasteiger partial charge in [0.05, 0.1) is 22.1 Å². The molecule has 3 rings (SSSR count). The standard InChI is InChI=1S/C25H25Br2ClN4O6S/c26-15-7-1-3-10-19(15)31-25(36)32(20-11-4-2-8-16(20)27)21-13-12-17(28)23(22(21)33)39(37,38)30-14-6-5-9-18(29)24(34)35/h1-4,7-8,10-13,18,30,33H,5-6,9,14,29H2,(H,31,36)(H,34,35). The van der Waals surface area contributed by atoms with E-state index in [-0.39, 0.29) is 23.7 Å². The van der Waals surface area contributed by atoms with Gasteiger partial charge in [-0.15, -0.1) is 0 Å². The number of hydrogen-bond acceptors (Lipinski definition) is 6. The van der Waals surface area contributed by atoms with E-state index in [0.717, 1.165) is 4.90 Å². The summed E-state index contributed by atoms with van der Waals surface area (Å²) < 4.78 is 29.8. The molecule has 0 radical (unpaired) electrons. The zero-order valence-electron chi connectivity index (χ0n) is 20.3. The van der Waals surface area contributed by atoms with E-state index in [2.05, 4.69) is 41.9 Å². The van der Waals surface area contributed by atoms with Crippen LogP contribution in [-0.4, -0.2) is 43.2 Å². The second-order valence-electron chi connectivity index (χ2n) is 8.28. The fraction of sp³-hybridized carbons (Fsp3) is 0.200. The van der Waals surface area contributed by atoms with Crippen molar-refractivity contribution in [2.24, 2.45) is 5.73 Å². The molecule has 0 saturated heterocycles. The summed E-state index contributed by atoms with van der Waals surface area (Å²) in [4.78, 5) is 24.9. The van der Waals surface area contributed by atoms with Crippen molar-refractivity contribution in [1.82, 2.24) is 4.72 Å². The highest BCUT2D eigenvalue weighted by atomic mass is 79.9. The van der Waals surface area contributed by atoms with Crippen molar-refractivity contribution in [1.29, 1.82) is 0 Å². The molecule has 0 aliphatic rings. The van der Waals surface area contributed by atoms with Crippen LogP contribution in [0.3, 0.4) is 0 Å². The first kappa shape index (κ1) is 30.9. The number of benzene rings is 3. The highest BCUT2D eigenvalue weighted by Gasteiger charge is 2.30. The van der Waals surface area contributed by atoms with Gasteiger partial charge >= 0.3 is 12.0 Å². The summed E-state index contributed by atoms with van der Waals surface area (Å²) in [5.41, 5.74) is 6.11. The lowest BCUT2D eigenvalue weighted by Crippen LogP contribution is -2.32. The lowest BCUT2D eigenvalue weighted by Gasteiger charge is -2.26. The number of carboxylic acids is 1. The number of aromatic hydroxyl groups is 1. The van der Waals surface area contributed by atoms with Gasteiger partial charge in [0, 0.05) is 15.5 Å². The third kappa shape index (κ3) is 7.71. The molecule has 0 spiro atoms. The molecule has 0 aromatic heterocycles. The number of rotatable bonds is 11. The monoisotopic (exact) mass is 702 g/mol. The number of sulfonamides is 1. The average molecular weight is 705 g/mol. The van der Waals surface area contributed by atoms with Gasteiger partial charge in [-0.3, -0.25) is 9.69 Å². The molecule has 208 valence electrons. The average Bonchev–Trinajstić information content (AvgIpc) is 2.87. The van der Waals surface area contributed by atoms with Crippen LogP contribution >= 0.6 is 43.5 Å². The predicted molar refractivity (Wildman–Crippen MR) is 157 cm³/mol. The first-order chi connectivity index (χ1) is 18.4. The molecule has 3 aromatic rings. The van der Waals surface area contributed by atoms with Crippen LogP contribution in [0.15, 0.2) is 74.5 Å². The molecule has 0 heterocycles. The second-order valence-corrected chi connectivity index (χ2v) is 12.1. The fourth-order valence-corrected chi connectivity index (χ4v) is 6.12. The number of carbonyl (C=O) groups is 2. The molecule has 0 bridgehead atoms. The summed E-state index contributed by atoms with van der Waals surface area (Å²) >= 11 is 13.0. The Kier molecular flexibility index (Phi) is 10.8. The van der Waals surface area contributed by atoms with Gasteiger partial charge in [-0.25, -0.2) is 17.9 Å². The highest BCUT2D eigenvalue weighted by Crippen LogP contribution is 2.43. The van der Waals surface area contributed by atoms with Crippen molar-refractivity contribution in [3.63, 3.8) is 0 Å². The lowest BCUT2D eigenvalue weighted by atomic mass is 10.1. The van der Waals surface area contributed by atoms with E-state index in [0.29, 0.717) is 33.2 Å². The zero-order valence-corrected chi connectivity index (χ0v) is 25.0. The molecule has 0 fully saturated rings. The van der Waals surface area contributed by atoms with Crippen molar-refractivity contribution >= 4 is 82.5 Å². The minimum Gasteiger partial charge on any atom is -0.504 e. The summed E-state index contributed by atoms with van der Waals surface area (Å²) in [6.45, 7) is -0.0505. The molecule has 14 heteroatoms. The number of aliphatic carboxylic acids is 1. The number of carbonyl (C=O) groups excluding carboxylic acids is 1. The minimum atomic E-state index is -4.34. The van der Waals surface area contributed by atoms with Crippen molar-refractivity contribution < 1.29 is 28.2 Å². The fourth-order valence-electron chi connectivity index (χ4n) is 3.58. The van der Waals surface area contributed by atoms with Gasteiger partial charge in [0.15, 0.2) is 5.75 Å². The van der Waals surface area contributed by atoms with Crippen LogP contribution in [0.4, 0.5) is 21.9 Å². The van der Waals surface area contributed by atoms with Gasteiger partial charge in [-0.05, 0) is 81.1 Å². The Morgan fingerprint density at radius 2 is 1.62 bits per heavy atom. The molecule has 39 heavy (non-hydrogen) atoms. The van der Waals surface area contributed by atoms with Crippen molar-refractivity contribution in [3.8, 4) is 5.75 Å². The van der Waals surface area contributed by atoms with E-state index >= 15 is 0 Å². The Morgan fingerprint density at radius 3 is 2.26 bits per heavy atom. The number of unbranched alkanes of at least 4 members (excludes halogenated alkanes) is 1. The number of nitrogens with one attached hydrogen (secondary N) is 2. The predicted octanol–water partition coefficient (Wildman–Crippen LogP) is 5.80. The second kappa shape index (κ2) is 13.6. The Labute approximate surface area is 247 Å². The number of halogens is 3. The number of amides is 2. The number of nitrogens with two attached hydrogens (primary N) is 1. The van der Waals surface area contributed by atoms with Crippen molar-refractivity contribution in [2.75, 3.05) is 16.8 Å².